The summed E-state index contributed by atoms with van der Waals surface area (Å²) in [4.78, 5) is 6.01. The lowest BCUT2D eigenvalue weighted by Gasteiger charge is -2.30. The molecule has 166 valence electrons. The molecule has 2 heterocycles. The molecule has 0 aliphatic carbocycles. The van der Waals surface area contributed by atoms with E-state index in [1.54, 1.807) is 25.4 Å². The van der Waals surface area contributed by atoms with Crippen LogP contribution in [0.4, 0.5) is 13.2 Å². The average Bonchev–Trinajstić information content (AvgIpc) is 2.81. The van der Waals surface area contributed by atoms with Crippen LogP contribution in [0.25, 0.3) is 5.70 Å². The molecule has 3 N–H and O–H groups in total. The largest absolute Gasteiger partial charge is 0.508 e. The van der Waals surface area contributed by atoms with E-state index in [0.29, 0.717) is 23.4 Å². The van der Waals surface area contributed by atoms with E-state index in [1.807, 2.05) is 31.9 Å². The predicted molar refractivity (Wildman–Crippen MR) is 116 cm³/mol. The summed E-state index contributed by atoms with van der Waals surface area (Å²) in [6, 6.07) is 3.18. The zero-order valence-corrected chi connectivity index (χ0v) is 18.5. The van der Waals surface area contributed by atoms with Crippen LogP contribution in [0.1, 0.15) is 68.0 Å². The summed E-state index contributed by atoms with van der Waals surface area (Å²) in [6.07, 6.45) is 1.81. The Kier molecular flexibility index (Phi) is 9.36. The number of rotatable bonds is 1. The zero-order valence-electron chi connectivity index (χ0n) is 18.5. The Labute approximate surface area is 177 Å². The number of nitrogens with two attached hydrogens (primary N) is 1. The SMILES string of the molecule is CC.CCC.Cc1cc(C(F)(F)F)cc(O)c1C1c2ccncc2C(N)=CCN1C. The third kappa shape index (κ3) is 5.75. The number of aromatic nitrogens is 1. The molecule has 1 aromatic carbocycles. The Hall–Kier alpha value is -2.54. The van der Waals surface area contributed by atoms with Crippen molar-refractivity contribution in [1.82, 2.24) is 9.88 Å². The van der Waals surface area contributed by atoms with Crippen LogP contribution in [0.3, 0.4) is 0 Å². The number of aromatic hydroxyl groups is 1. The minimum atomic E-state index is -4.51. The van der Waals surface area contributed by atoms with Crippen molar-refractivity contribution >= 4 is 5.70 Å². The molecule has 1 aliphatic heterocycles. The lowest BCUT2D eigenvalue weighted by atomic mass is 9.90. The number of likely N-dealkylation sites (N-methyl/N-ethyl adjacent to an activating group) is 1. The molecular formula is C23H32F3N3O. The number of aryl methyl sites for hydroxylation is 1. The number of phenols is 1. The van der Waals surface area contributed by atoms with E-state index in [-0.39, 0.29) is 5.75 Å². The predicted octanol–water partition coefficient (Wildman–Crippen LogP) is 5.89. The van der Waals surface area contributed by atoms with Gasteiger partial charge in [0.25, 0.3) is 0 Å². The first-order valence-corrected chi connectivity index (χ1v) is 10.1. The van der Waals surface area contributed by atoms with Gasteiger partial charge in [-0.05, 0) is 49.4 Å². The first-order valence-electron chi connectivity index (χ1n) is 10.1. The third-order valence-electron chi connectivity index (χ3n) is 4.47. The first-order chi connectivity index (χ1) is 14.1. The number of benzene rings is 1. The van der Waals surface area contributed by atoms with Crippen LogP contribution in [0.2, 0.25) is 0 Å². The fourth-order valence-electron chi connectivity index (χ4n) is 3.26. The zero-order chi connectivity index (χ0) is 23.1. The Bertz CT molecular complexity index is 840. The van der Waals surface area contributed by atoms with Crippen molar-refractivity contribution < 1.29 is 18.3 Å². The molecule has 4 nitrogen and oxygen atoms in total. The van der Waals surface area contributed by atoms with Crippen LogP contribution >= 0.6 is 0 Å². The Morgan fingerprint density at radius 2 is 1.83 bits per heavy atom. The van der Waals surface area contributed by atoms with Gasteiger partial charge in [-0.2, -0.15) is 13.2 Å². The van der Waals surface area contributed by atoms with Gasteiger partial charge >= 0.3 is 6.18 Å². The normalized spacial score (nSPS) is 16.2. The molecule has 3 rings (SSSR count). The van der Waals surface area contributed by atoms with Crippen molar-refractivity contribution in [3.8, 4) is 5.75 Å². The summed E-state index contributed by atoms with van der Waals surface area (Å²) in [5, 5.41) is 10.4. The Morgan fingerprint density at radius 3 is 2.37 bits per heavy atom. The molecule has 7 heteroatoms. The second-order valence-electron chi connectivity index (χ2n) is 6.90. The number of nitrogens with zero attached hydrogens (tertiary/aromatic N) is 2. The van der Waals surface area contributed by atoms with E-state index < -0.39 is 17.8 Å². The van der Waals surface area contributed by atoms with E-state index in [4.69, 9.17) is 5.73 Å². The Balaban J connectivity index is 0.000000826. The molecule has 0 radical (unpaired) electrons. The smallest absolute Gasteiger partial charge is 0.416 e. The van der Waals surface area contributed by atoms with E-state index >= 15 is 0 Å². The van der Waals surface area contributed by atoms with Gasteiger partial charge in [-0.1, -0.05) is 34.1 Å². The average molecular weight is 424 g/mol. The molecule has 0 fully saturated rings. The molecule has 0 amide bonds. The number of alkyl halides is 3. The van der Waals surface area contributed by atoms with Crippen molar-refractivity contribution in [3.05, 3.63) is 64.5 Å². The molecular weight excluding hydrogens is 391 g/mol. The highest BCUT2D eigenvalue weighted by molar-refractivity contribution is 5.68. The maximum Gasteiger partial charge on any atom is 0.416 e. The van der Waals surface area contributed by atoms with Crippen LogP contribution in [-0.4, -0.2) is 28.6 Å². The summed E-state index contributed by atoms with van der Waals surface area (Å²) in [5.41, 5.74) is 8.10. The van der Waals surface area contributed by atoms with Gasteiger partial charge in [0.1, 0.15) is 5.75 Å². The van der Waals surface area contributed by atoms with Crippen molar-refractivity contribution in [2.75, 3.05) is 13.6 Å². The van der Waals surface area contributed by atoms with Gasteiger partial charge in [0, 0.05) is 35.8 Å². The van der Waals surface area contributed by atoms with E-state index in [9.17, 15) is 18.3 Å². The van der Waals surface area contributed by atoms with E-state index in [0.717, 1.165) is 23.3 Å². The summed E-state index contributed by atoms with van der Waals surface area (Å²) in [5.74, 6) is -0.382. The topological polar surface area (TPSA) is 62.4 Å². The maximum absolute atomic E-state index is 13.0. The van der Waals surface area contributed by atoms with Crippen molar-refractivity contribution in [1.29, 1.82) is 0 Å². The Morgan fingerprint density at radius 1 is 1.23 bits per heavy atom. The molecule has 2 aromatic rings. The second-order valence-corrected chi connectivity index (χ2v) is 6.90. The van der Waals surface area contributed by atoms with Crippen LogP contribution in [-0.2, 0) is 6.18 Å². The summed E-state index contributed by atoms with van der Waals surface area (Å²) in [7, 11) is 1.83. The van der Waals surface area contributed by atoms with Crippen molar-refractivity contribution in [2.45, 2.75) is 53.3 Å². The van der Waals surface area contributed by atoms with Crippen molar-refractivity contribution in [2.24, 2.45) is 5.73 Å². The molecule has 1 aliphatic rings. The lowest BCUT2D eigenvalue weighted by molar-refractivity contribution is -0.137. The molecule has 0 spiro atoms. The number of phenolic OH excluding ortho intramolecular Hbond substituents is 1. The quantitative estimate of drug-likeness (QED) is 0.600. The standard InChI is InChI=1S/C18H18F3N3O.C3H8.C2H6/c1-10-7-11(18(19,20)21)8-15(25)16(10)17-12-3-5-23-9-13(12)14(22)4-6-24(17)2;1-3-2;1-2/h3-5,7-9,17,25H,6,22H2,1-2H3;3H2,1-2H3;1-2H3. The molecule has 0 bridgehead atoms. The number of hydrogen-bond donors (Lipinski definition) is 2. The highest BCUT2D eigenvalue weighted by Crippen LogP contribution is 2.42. The molecule has 0 saturated carbocycles. The minimum Gasteiger partial charge on any atom is -0.508 e. The molecule has 0 saturated heterocycles. The van der Waals surface area contributed by atoms with E-state index in [1.165, 1.54) is 6.42 Å². The van der Waals surface area contributed by atoms with Gasteiger partial charge in [0.2, 0.25) is 0 Å². The summed E-state index contributed by atoms with van der Waals surface area (Å²) in [6.45, 7) is 10.3. The van der Waals surface area contributed by atoms with Crippen LogP contribution in [0.15, 0.2) is 36.7 Å². The lowest BCUT2D eigenvalue weighted by Crippen LogP contribution is -2.26. The first kappa shape index (κ1) is 25.5. The van der Waals surface area contributed by atoms with Gasteiger partial charge in [0.15, 0.2) is 0 Å². The van der Waals surface area contributed by atoms with Crippen LogP contribution in [0, 0.1) is 6.92 Å². The number of hydrogen-bond acceptors (Lipinski definition) is 4. The van der Waals surface area contributed by atoms with Gasteiger partial charge < -0.3 is 10.8 Å². The molecule has 1 unspecified atom stereocenters. The third-order valence-corrected chi connectivity index (χ3v) is 4.47. The highest BCUT2D eigenvalue weighted by atomic mass is 19.4. The van der Waals surface area contributed by atoms with Gasteiger partial charge in [-0.25, -0.2) is 0 Å². The van der Waals surface area contributed by atoms with E-state index in [2.05, 4.69) is 18.8 Å². The second kappa shape index (κ2) is 11.0. The van der Waals surface area contributed by atoms with Gasteiger partial charge in [-0.3, -0.25) is 9.88 Å². The fraction of sp³-hybridized carbons (Fsp3) is 0.435. The highest BCUT2D eigenvalue weighted by Gasteiger charge is 2.34. The molecule has 30 heavy (non-hydrogen) atoms. The van der Waals surface area contributed by atoms with Gasteiger partial charge in [0.05, 0.1) is 11.6 Å². The van der Waals surface area contributed by atoms with Crippen molar-refractivity contribution in [3.63, 3.8) is 0 Å². The summed E-state index contributed by atoms with van der Waals surface area (Å²) < 4.78 is 39.0. The van der Waals surface area contributed by atoms with Crippen LogP contribution < -0.4 is 5.73 Å². The molecule has 1 atom stereocenters. The summed E-state index contributed by atoms with van der Waals surface area (Å²) >= 11 is 0. The monoisotopic (exact) mass is 423 g/mol. The number of halogens is 3. The number of fused-ring (bicyclic) bond motifs is 1. The molecule has 1 aromatic heterocycles. The van der Waals surface area contributed by atoms with Gasteiger partial charge in [-0.15, -0.1) is 0 Å². The minimum absolute atomic E-state index is 0.368. The fourth-order valence-corrected chi connectivity index (χ4v) is 3.26. The van der Waals surface area contributed by atoms with Crippen LogP contribution in [0.5, 0.6) is 5.75 Å². The maximum atomic E-state index is 13.0. The number of pyridine rings is 1.